The van der Waals surface area contributed by atoms with Crippen LogP contribution < -0.4 is 10.5 Å². The average molecular weight is 311 g/mol. The Bertz CT molecular complexity index is 713. The van der Waals surface area contributed by atoms with Gasteiger partial charge in [0, 0.05) is 5.56 Å². The van der Waals surface area contributed by atoms with E-state index in [9.17, 15) is 18.0 Å². The van der Waals surface area contributed by atoms with E-state index in [1.807, 2.05) is 0 Å². The van der Waals surface area contributed by atoms with Gasteiger partial charge in [-0.2, -0.15) is 0 Å². The lowest BCUT2D eigenvalue weighted by atomic mass is 10.1. The second-order valence-electron chi connectivity index (χ2n) is 4.53. The molecule has 116 valence electrons. The number of nitrogens with zero attached hydrogens (tertiary/aromatic N) is 2. The van der Waals surface area contributed by atoms with Gasteiger partial charge < -0.3 is 10.5 Å². The van der Waals surface area contributed by atoms with E-state index in [0.717, 1.165) is 12.1 Å². The molecule has 1 aromatic heterocycles. The van der Waals surface area contributed by atoms with Crippen molar-refractivity contribution in [2.75, 3.05) is 5.73 Å². The molecule has 0 atom stereocenters. The SMILES string of the molecule is Cc1nc(N)c(C(=O)c2ccc(OC(F)(F)F)cc2)nc1C. The summed E-state index contributed by atoms with van der Waals surface area (Å²) in [5, 5.41) is 0. The van der Waals surface area contributed by atoms with Crippen molar-refractivity contribution in [1.29, 1.82) is 0 Å². The summed E-state index contributed by atoms with van der Waals surface area (Å²) >= 11 is 0. The molecule has 0 saturated carbocycles. The number of benzene rings is 1. The Hall–Kier alpha value is -2.64. The molecule has 0 radical (unpaired) electrons. The van der Waals surface area contributed by atoms with Crippen molar-refractivity contribution < 1.29 is 22.7 Å². The van der Waals surface area contributed by atoms with E-state index in [1.165, 1.54) is 12.1 Å². The minimum Gasteiger partial charge on any atom is -0.406 e. The molecule has 22 heavy (non-hydrogen) atoms. The Morgan fingerprint density at radius 3 is 2.18 bits per heavy atom. The Morgan fingerprint density at radius 2 is 1.64 bits per heavy atom. The smallest absolute Gasteiger partial charge is 0.406 e. The van der Waals surface area contributed by atoms with Crippen LogP contribution in [0.15, 0.2) is 24.3 Å². The number of nitrogen functional groups attached to an aromatic ring is 1. The van der Waals surface area contributed by atoms with E-state index in [2.05, 4.69) is 14.7 Å². The summed E-state index contributed by atoms with van der Waals surface area (Å²) in [6.45, 7) is 3.38. The summed E-state index contributed by atoms with van der Waals surface area (Å²) in [6, 6.07) is 4.51. The van der Waals surface area contributed by atoms with Gasteiger partial charge >= 0.3 is 6.36 Å². The fourth-order valence-corrected chi connectivity index (χ4v) is 1.73. The van der Waals surface area contributed by atoms with E-state index >= 15 is 0 Å². The number of carbonyl (C=O) groups is 1. The fraction of sp³-hybridized carbons (Fsp3) is 0.214. The molecule has 1 aromatic carbocycles. The summed E-state index contributed by atoms with van der Waals surface area (Å²) in [5.41, 5.74) is 6.93. The zero-order valence-corrected chi connectivity index (χ0v) is 11.7. The van der Waals surface area contributed by atoms with Crippen molar-refractivity contribution in [3.05, 3.63) is 46.9 Å². The van der Waals surface area contributed by atoms with E-state index in [4.69, 9.17) is 5.73 Å². The van der Waals surface area contributed by atoms with Crippen LogP contribution in [0.5, 0.6) is 5.75 Å². The largest absolute Gasteiger partial charge is 0.573 e. The summed E-state index contributed by atoms with van der Waals surface area (Å²) in [5.74, 6) is -0.960. The number of anilines is 1. The summed E-state index contributed by atoms with van der Waals surface area (Å²) in [4.78, 5) is 20.4. The molecule has 0 aliphatic heterocycles. The number of halogens is 3. The molecule has 1 heterocycles. The van der Waals surface area contributed by atoms with Crippen LogP contribution in [0.4, 0.5) is 19.0 Å². The number of aryl methyl sites for hydroxylation is 2. The fourth-order valence-electron chi connectivity index (χ4n) is 1.73. The molecule has 2 N–H and O–H groups in total. The highest BCUT2D eigenvalue weighted by molar-refractivity contribution is 6.10. The molecule has 2 aromatic rings. The first-order valence-electron chi connectivity index (χ1n) is 6.18. The van der Waals surface area contributed by atoms with E-state index < -0.39 is 17.9 Å². The van der Waals surface area contributed by atoms with Crippen LogP contribution in [0.3, 0.4) is 0 Å². The molecule has 0 aliphatic carbocycles. The van der Waals surface area contributed by atoms with Crippen LogP contribution in [-0.2, 0) is 0 Å². The van der Waals surface area contributed by atoms with Gasteiger partial charge in [0.05, 0.1) is 11.4 Å². The van der Waals surface area contributed by atoms with Gasteiger partial charge in [-0.15, -0.1) is 13.2 Å². The van der Waals surface area contributed by atoms with Crippen molar-refractivity contribution in [1.82, 2.24) is 9.97 Å². The monoisotopic (exact) mass is 311 g/mol. The van der Waals surface area contributed by atoms with Gasteiger partial charge in [0.2, 0.25) is 5.78 Å². The maximum Gasteiger partial charge on any atom is 0.573 e. The Morgan fingerprint density at radius 1 is 1.09 bits per heavy atom. The highest BCUT2D eigenvalue weighted by atomic mass is 19.4. The molecule has 0 amide bonds. The number of rotatable bonds is 3. The van der Waals surface area contributed by atoms with E-state index in [1.54, 1.807) is 13.8 Å². The molecule has 0 spiro atoms. The summed E-state index contributed by atoms with van der Waals surface area (Å²) < 4.78 is 40.0. The first-order valence-corrected chi connectivity index (χ1v) is 6.18. The number of hydrogen-bond donors (Lipinski definition) is 1. The van der Waals surface area contributed by atoms with Gasteiger partial charge in [-0.1, -0.05) is 0 Å². The van der Waals surface area contributed by atoms with Crippen molar-refractivity contribution in [2.24, 2.45) is 0 Å². The minimum atomic E-state index is -4.78. The molecule has 0 fully saturated rings. The zero-order valence-electron chi connectivity index (χ0n) is 11.7. The van der Waals surface area contributed by atoms with Crippen LogP contribution in [0.25, 0.3) is 0 Å². The number of ether oxygens (including phenoxy) is 1. The third-order valence-corrected chi connectivity index (χ3v) is 2.90. The molecule has 5 nitrogen and oxygen atoms in total. The van der Waals surface area contributed by atoms with Crippen molar-refractivity contribution in [3.63, 3.8) is 0 Å². The molecule has 0 saturated heterocycles. The first-order chi connectivity index (χ1) is 10.2. The van der Waals surface area contributed by atoms with Gasteiger partial charge in [-0.05, 0) is 38.1 Å². The highest BCUT2D eigenvalue weighted by Crippen LogP contribution is 2.23. The van der Waals surface area contributed by atoms with Gasteiger partial charge in [0.15, 0.2) is 11.5 Å². The number of alkyl halides is 3. The molecular formula is C14H12F3N3O2. The minimum absolute atomic E-state index is 0.0243. The van der Waals surface area contributed by atoms with E-state index in [-0.39, 0.29) is 17.1 Å². The predicted molar refractivity (Wildman–Crippen MR) is 72.5 cm³/mol. The standard InChI is InChI=1S/C14H12F3N3O2/c1-7-8(2)20-13(18)11(19-7)12(21)9-3-5-10(6-4-9)22-14(15,16)17/h3-6H,1-2H3,(H2,18,20). The Labute approximate surface area is 123 Å². The third kappa shape index (κ3) is 3.51. The van der Waals surface area contributed by atoms with E-state index in [0.29, 0.717) is 11.4 Å². The lowest BCUT2D eigenvalue weighted by Crippen LogP contribution is -2.17. The number of hydrogen-bond acceptors (Lipinski definition) is 5. The first kappa shape index (κ1) is 15.7. The third-order valence-electron chi connectivity index (χ3n) is 2.90. The van der Waals surface area contributed by atoms with Gasteiger partial charge in [-0.25, -0.2) is 9.97 Å². The zero-order chi connectivity index (χ0) is 16.5. The van der Waals surface area contributed by atoms with Gasteiger partial charge in [-0.3, -0.25) is 4.79 Å². The second kappa shape index (κ2) is 5.63. The number of carbonyl (C=O) groups excluding carboxylic acids is 1. The molecule has 0 aliphatic rings. The maximum absolute atomic E-state index is 12.3. The van der Waals surface area contributed by atoms with Crippen molar-refractivity contribution in [3.8, 4) is 5.75 Å². The van der Waals surface area contributed by atoms with Crippen molar-refractivity contribution in [2.45, 2.75) is 20.2 Å². The molecule has 0 bridgehead atoms. The molecule has 2 rings (SSSR count). The van der Waals surface area contributed by atoms with Crippen molar-refractivity contribution >= 4 is 11.6 Å². The predicted octanol–water partition coefficient (Wildman–Crippen LogP) is 2.81. The van der Waals surface area contributed by atoms with Crippen LogP contribution in [0.1, 0.15) is 27.4 Å². The van der Waals surface area contributed by atoms with Crippen LogP contribution >= 0.6 is 0 Å². The van der Waals surface area contributed by atoms with Gasteiger partial charge in [0.25, 0.3) is 0 Å². The van der Waals surface area contributed by atoms with Crippen LogP contribution in [0, 0.1) is 13.8 Å². The van der Waals surface area contributed by atoms with Gasteiger partial charge in [0.1, 0.15) is 5.75 Å². The number of aromatic nitrogens is 2. The Balaban J connectivity index is 2.29. The lowest BCUT2D eigenvalue weighted by molar-refractivity contribution is -0.274. The second-order valence-corrected chi connectivity index (χ2v) is 4.53. The quantitative estimate of drug-likeness (QED) is 0.882. The molecule has 8 heteroatoms. The number of nitrogens with two attached hydrogens (primary N) is 1. The average Bonchev–Trinajstić information content (AvgIpc) is 2.41. The highest BCUT2D eigenvalue weighted by Gasteiger charge is 2.31. The van der Waals surface area contributed by atoms with Crippen LogP contribution in [-0.4, -0.2) is 22.1 Å². The molecule has 0 unspecified atom stereocenters. The topological polar surface area (TPSA) is 78.1 Å². The number of ketones is 1. The molecular weight excluding hydrogens is 299 g/mol. The maximum atomic E-state index is 12.3. The summed E-state index contributed by atoms with van der Waals surface area (Å²) in [6.07, 6.45) is -4.78. The lowest BCUT2D eigenvalue weighted by Gasteiger charge is -2.09. The summed E-state index contributed by atoms with van der Waals surface area (Å²) in [7, 11) is 0. The normalized spacial score (nSPS) is 11.3. The Kier molecular flexibility index (Phi) is 4.03. The van der Waals surface area contributed by atoms with Crippen LogP contribution in [0.2, 0.25) is 0 Å².